The van der Waals surface area contributed by atoms with E-state index in [2.05, 4.69) is 26.8 Å². The van der Waals surface area contributed by atoms with E-state index in [1.165, 1.54) is 0 Å². The summed E-state index contributed by atoms with van der Waals surface area (Å²) in [6.45, 7) is 7.41. The summed E-state index contributed by atoms with van der Waals surface area (Å²) in [6, 6.07) is 2.35. The number of hydrogen-bond acceptors (Lipinski definition) is 2. The van der Waals surface area contributed by atoms with Crippen LogP contribution in [0.15, 0.2) is 0 Å². The van der Waals surface area contributed by atoms with E-state index in [-0.39, 0.29) is 17.4 Å². The molecule has 2 nitrogen and oxygen atoms in total. The van der Waals surface area contributed by atoms with Crippen LogP contribution in [0.2, 0.25) is 0 Å². The van der Waals surface area contributed by atoms with Gasteiger partial charge in [-0.15, -0.1) is 0 Å². The van der Waals surface area contributed by atoms with Crippen molar-refractivity contribution < 1.29 is 4.74 Å². The van der Waals surface area contributed by atoms with Crippen molar-refractivity contribution in [2.45, 2.75) is 46.1 Å². The summed E-state index contributed by atoms with van der Waals surface area (Å²) in [5, 5.41) is 8.93. The lowest BCUT2D eigenvalue weighted by Crippen LogP contribution is -2.32. The van der Waals surface area contributed by atoms with Crippen LogP contribution >= 0.6 is 0 Å². The van der Waals surface area contributed by atoms with Crippen molar-refractivity contribution in [3.05, 3.63) is 0 Å². The summed E-state index contributed by atoms with van der Waals surface area (Å²) in [7, 11) is 0. The molecule has 2 unspecified atom stereocenters. The molecule has 1 saturated heterocycles. The molecule has 0 N–H and O–H groups in total. The molecule has 0 aromatic heterocycles. The number of ether oxygens (including phenoxy) is 1. The molecule has 0 aliphatic carbocycles. The van der Waals surface area contributed by atoms with Gasteiger partial charge >= 0.3 is 0 Å². The van der Waals surface area contributed by atoms with Crippen molar-refractivity contribution in [3.8, 4) is 6.07 Å². The molecule has 13 heavy (non-hydrogen) atoms. The van der Waals surface area contributed by atoms with Crippen molar-refractivity contribution >= 4 is 0 Å². The van der Waals surface area contributed by atoms with Crippen LogP contribution in [0, 0.1) is 22.7 Å². The van der Waals surface area contributed by atoms with Crippen LogP contribution in [0.3, 0.4) is 0 Å². The first kappa shape index (κ1) is 10.5. The average molecular weight is 181 g/mol. The van der Waals surface area contributed by atoms with E-state index in [0.29, 0.717) is 0 Å². The molecule has 0 amide bonds. The van der Waals surface area contributed by atoms with Crippen molar-refractivity contribution in [2.75, 3.05) is 6.61 Å². The molecule has 1 aliphatic heterocycles. The Morgan fingerprint density at radius 3 is 2.69 bits per heavy atom. The van der Waals surface area contributed by atoms with E-state index in [1.807, 2.05) is 0 Å². The van der Waals surface area contributed by atoms with Crippen LogP contribution in [0.1, 0.15) is 40.0 Å². The molecule has 0 radical (unpaired) electrons. The largest absolute Gasteiger partial charge is 0.377 e. The number of rotatable bonds is 1. The van der Waals surface area contributed by atoms with Gasteiger partial charge in [0.15, 0.2) is 0 Å². The summed E-state index contributed by atoms with van der Waals surface area (Å²) in [5.74, 6) is 0.118. The summed E-state index contributed by atoms with van der Waals surface area (Å²) in [5.41, 5.74) is 0.261. The molecule has 2 atom stereocenters. The molecule has 74 valence electrons. The molecule has 0 aromatic rings. The van der Waals surface area contributed by atoms with Gasteiger partial charge in [0.05, 0.1) is 18.1 Å². The SMILES string of the molecule is CC(C)(C)CC1OCCCC1C#N. The highest BCUT2D eigenvalue weighted by Gasteiger charge is 2.29. The third-order valence-corrected chi connectivity index (χ3v) is 2.42. The molecule has 1 heterocycles. The van der Waals surface area contributed by atoms with Crippen molar-refractivity contribution in [2.24, 2.45) is 11.3 Å². The monoisotopic (exact) mass is 181 g/mol. The molecule has 0 bridgehead atoms. The van der Waals surface area contributed by atoms with Crippen LogP contribution in [0.25, 0.3) is 0 Å². The number of hydrogen-bond donors (Lipinski definition) is 0. The van der Waals surface area contributed by atoms with Gasteiger partial charge < -0.3 is 4.74 Å². The molecular weight excluding hydrogens is 162 g/mol. The molecule has 1 fully saturated rings. The Labute approximate surface area is 80.9 Å². The first-order chi connectivity index (χ1) is 6.03. The van der Waals surface area contributed by atoms with Crippen LogP contribution in [-0.2, 0) is 4.74 Å². The minimum absolute atomic E-state index is 0.118. The first-order valence-electron chi connectivity index (χ1n) is 5.04. The zero-order chi connectivity index (χ0) is 9.90. The Hall–Kier alpha value is -0.550. The van der Waals surface area contributed by atoms with Gasteiger partial charge in [-0.05, 0) is 24.7 Å². The van der Waals surface area contributed by atoms with Crippen molar-refractivity contribution in [1.29, 1.82) is 5.26 Å². The summed E-state index contributed by atoms with van der Waals surface area (Å²) in [4.78, 5) is 0. The maximum Gasteiger partial charge on any atom is 0.0738 e. The minimum atomic E-state index is 0.118. The lowest BCUT2D eigenvalue weighted by Gasteiger charge is -2.32. The summed E-state index contributed by atoms with van der Waals surface area (Å²) < 4.78 is 5.63. The quantitative estimate of drug-likeness (QED) is 0.623. The fraction of sp³-hybridized carbons (Fsp3) is 0.909. The normalized spacial score (nSPS) is 29.7. The third kappa shape index (κ3) is 3.36. The van der Waals surface area contributed by atoms with Crippen LogP contribution in [0.5, 0.6) is 0 Å². The van der Waals surface area contributed by atoms with Crippen molar-refractivity contribution in [3.63, 3.8) is 0 Å². The second-order valence-corrected chi connectivity index (χ2v) is 5.05. The van der Waals surface area contributed by atoms with Gasteiger partial charge in [0, 0.05) is 6.61 Å². The predicted molar refractivity (Wildman–Crippen MR) is 52.1 cm³/mol. The highest BCUT2D eigenvalue weighted by atomic mass is 16.5. The van der Waals surface area contributed by atoms with Gasteiger partial charge in [-0.1, -0.05) is 20.8 Å². The van der Waals surface area contributed by atoms with E-state index in [1.54, 1.807) is 0 Å². The Kier molecular flexibility index (Phi) is 3.33. The van der Waals surface area contributed by atoms with Crippen LogP contribution in [0.4, 0.5) is 0 Å². The molecule has 0 saturated carbocycles. The number of nitrogens with zero attached hydrogens (tertiary/aromatic N) is 1. The first-order valence-corrected chi connectivity index (χ1v) is 5.04. The lowest BCUT2D eigenvalue weighted by atomic mass is 9.82. The maximum absolute atomic E-state index is 8.93. The summed E-state index contributed by atoms with van der Waals surface area (Å²) in [6.07, 6.45) is 3.21. The second-order valence-electron chi connectivity index (χ2n) is 5.05. The molecule has 2 heteroatoms. The van der Waals surface area contributed by atoms with Gasteiger partial charge in [0.1, 0.15) is 0 Å². The maximum atomic E-state index is 8.93. The van der Waals surface area contributed by atoms with Crippen LogP contribution in [-0.4, -0.2) is 12.7 Å². The van der Waals surface area contributed by atoms with E-state index < -0.39 is 0 Å². The average Bonchev–Trinajstić information content (AvgIpc) is 2.02. The topological polar surface area (TPSA) is 33.0 Å². The van der Waals surface area contributed by atoms with Gasteiger partial charge in [0.2, 0.25) is 0 Å². The minimum Gasteiger partial charge on any atom is -0.377 e. The highest BCUT2D eigenvalue weighted by Crippen LogP contribution is 2.30. The molecule has 1 rings (SSSR count). The zero-order valence-corrected chi connectivity index (χ0v) is 8.84. The third-order valence-electron chi connectivity index (χ3n) is 2.42. The molecule has 1 aliphatic rings. The zero-order valence-electron chi connectivity index (χ0n) is 8.84. The fourth-order valence-electron chi connectivity index (χ4n) is 1.79. The molecular formula is C11H19NO. The van der Waals surface area contributed by atoms with Crippen LogP contribution < -0.4 is 0 Å². The van der Waals surface area contributed by atoms with E-state index >= 15 is 0 Å². The van der Waals surface area contributed by atoms with Gasteiger partial charge in [-0.2, -0.15) is 5.26 Å². The summed E-state index contributed by atoms with van der Waals surface area (Å²) >= 11 is 0. The Bertz CT molecular complexity index is 199. The van der Waals surface area contributed by atoms with E-state index in [0.717, 1.165) is 25.9 Å². The fourth-order valence-corrected chi connectivity index (χ4v) is 1.79. The van der Waals surface area contributed by atoms with Gasteiger partial charge in [-0.3, -0.25) is 0 Å². The second kappa shape index (κ2) is 4.11. The van der Waals surface area contributed by atoms with Crippen molar-refractivity contribution in [1.82, 2.24) is 0 Å². The Morgan fingerprint density at radius 2 is 2.15 bits per heavy atom. The smallest absolute Gasteiger partial charge is 0.0738 e. The Morgan fingerprint density at radius 1 is 1.46 bits per heavy atom. The lowest BCUT2D eigenvalue weighted by molar-refractivity contribution is -0.0300. The molecule has 0 spiro atoms. The standard InChI is InChI=1S/C11H19NO/c1-11(2,3)7-10-9(8-12)5-4-6-13-10/h9-10H,4-7H2,1-3H3. The Balaban J connectivity index is 2.51. The molecule has 0 aromatic carbocycles. The van der Waals surface area contributed by atoms with E-state index in [4.69, 9.17) is 10.00 Å². The van der Waals surface area contributed by atoms with Gasteiger partial charge in [-0.25, -0.2) is 0 Å². The number of nitriles is 1. The predicted octanol–water partition coefficient (Wildman–Crippen LogP) is 2.74. The van der Waals surface area contributed by atoms with Gasteiger partial charge in [0.25, 0.3) is 0 Å². The van der Waals surface area contributed by atoms with E-state index in [9.17, 15) is 0 Å². The highest BCUT2D eigenvalue weighted by molar-refractivity contribution is 4.92.